The molecular weight excluding hydrogens is 322 g/mol. The molecular formula is C17H27N5OS. The van der Waals surface area contributed by atoms with Crippen molar-refractivity contribution in [1.29, 1.82) is 0 Å². The number of rotatable bonds is 6. The van der Waals surface area contributed by atoms with Crippen LogP contribution >= 0.6 is 11.3 Å². The molecule has 2 rings (SSSR count). The number of aromatic nitrogens is 2. The van der Waals surface area contributed by atoms with Crippen LogP contribution in [0.2, 0.25) is 0 Å². The Bertz CT molecular complexity index is 675. The van der Waals surface area contributed by atoms with Crippen LogP contribution in [0.1, 0.15) is 42.2 Å². The van der Waals surface area contributed by atoms with Crippen molar-refractivity contribution in [2.75, 3.05) is 26.0 Å². The van der Waals surface area contributed by atoms with E-state index in [9.17, 15) is 4.79 Å². The zero-order valence-corrected chi connectivity index (χ0v) is 16.1. The Morgan fingerprint density at radius 3 is 2.58 bits per heavy atom. The van der Waals surface area contributed by atoms with Gasteiger partial charge in [0.25, 0.3) is 0 Å². The highest BCUT2D eigenvalue weighted by Crippen LogP contribution is 2.24. The number of nitrogens with one attached hydrogen (secondary N) is 2. The Hall–Kier alpha value is -1.86. The van der Waals surface area contributed by atoms with Crippen molar-refractivity contribution in [2.24, 2.45) is 0 Å². The summed E-state index contributed by atoms with van der Waals surface area (Å²) in [5.74, 6) is 0. The predicted molar refractivity (Wildman–Crippen MR) is 99.9 cm³/mol. The topological polar surface area (TPSA) is 62.2 Å². The van der Waals surface area contributed by atoms with E-state index in [4.69, 9.17) is 0 Å². The van der Waals surface area contributed by atoms with Gasteiger partial charge < -0.3 is 15.5 Å². The van der Waals surface area contributed by atoms with Crippen molar-refractivity contribution in [3.8, 4) is 0 Å². The van der Waals surface area contributed by atoms with E-state index in [-0.39, 0.29) is 18.1 Å². The van der Waals surface area contributed by atoms with Crippen LogP contribution < -0.4 is 10.6 Å². The van der Waals surface area contributed by atoms with E-state index >= 15 is 0 Å². The molecule has 0 aromatic carbocycles. The average molecular weight is 350 g/mol. The molecule has 24 heavy (non-hydrogen) atoms. The summed E-state index contributed by atoms with van der Waals surface area (Å²) in [6.07, 6.45) is 0. The molecule has 0 saturated heterocycles. The van der Waals surface area contributed by atoms with Gasteiger partial charge in [-0.2, -0.15) is 5.10 Å². The largest absolute Gasteiger partial charge is 0.336 e. The first-order valence-electron chi connectivity index (χ1n) is 8.11. The third kappa shape index (κ3) is 4.15. The third-order valence-electron chi connectivity index (χ3n) is 4.00. The van der Waals surface area contributed by atoms with Crippen molar-refractivity contribution in [1.82, 2.24) is 20.0 Å². The van der Waals surface area contributed by atoms with Gasteiger partial charge in [-0.25, -0.2) is 4.79 Å². The van der Waals surface area contributed by atoms with Crippen LogP contribution in [-0.2, 0) is 0 Å². The van der Waals surface area contributed by atoms with E-state index in [1.165, 1.54) is 4.88 Å². The molecule has 1 atom stereocenters. The molecule has 6 nitrogen and oxygen atoms in total. The van der Waals surface area contributed by atoms with Gasteiger partial charge in [-0.3, -0.25) is 4.68 Å². The number of hydrogen-bond donors (Lipinski definition) is 2. The molecule has 0 aliphatic heterocycles. The fourth-order valence-electron chi connectivity index (χ4n) is 2.71. The van der Waals surface area contributed by atoms with Gasteiger partial charge in [-0.1, -0.05) is 6.07 Å². The standard InChI is InChI=1S/C17H27N5OS/c1-11(2)22-13(4)16(12(3)20-22)19-17(23)18-10-14(21(5)6)15-8-7-9-24-15/h7-9,11,14H,10H2,1-6H3,(H2,18,19,23)/t14-/m1/s1. The molecule has 132 valence electrons. The molecule has 0 saturated carbocycles. The van der Waals surface area contributed by atoms with Crippen LogP contribution in [0, 0.1) is 13.8 Å². The first kappa shape index (κ1) is 18.5. The third-order valence-corrected chi connectivity index (χ3v) is 4.98. The second kappa shape index (κ2) is 7.81. The van der Waals surface area contributed by atoms with Crippen molar-refractivity contribution in [3.05, 3.63) is 33.8 Å². The number of carbonyl (C=O) groups excluding carboxylic acids is 1. The number of carbonyl (C=O) groups is 1. The molecule has 2 heterocycles. The van der Waals surface area contributed by atoms with E-state index in [1.807, 2.05) is 38.7 Å². The summed E-state index contributed by atoms with van der Waals surface area (Å²) in [7, 11) is 4.04. The predicted octanol–water partition coefficient (Wildman–Crippen LogP) is 3.57. The molecule has 0 bridgehead atoms. The molecule has 2 N–H and O–H groups in total. The van der Waals surface area contributed by atoms with Crippen molar-refractivity contribution in [3.63, 3.8) is 0 Å². The minimum Gasteiger partial charge on any atom is -0.336 e. The smallest absolute Gasteiger partial charge is 0.319 e. The van der Waals surface area contributed by atoms with Gasteiger partial charge in [-0.05, 0) is 53.2 Å². The van der Waals surface area contributed by atoms with Gasteiger partial charge in [0.1, 0.15) is 0 Å². The number of likely N-dealkylation sites (N-methyl/N-ethyl adjacent to an activating group) is 1. The minimum absolute atomic E-state index is 0.163. The Morgan fingerprint density at radius 2 is 2.08 bits per heavy atom. The highest BCUT2D eigenvalue weighted by atomic mass is 32.1. The second-order valence-electron chi connectivity index (χ2n) is 6.41. The number of amides is 2. The molecule has 0 spiro atoms. The lowest BCUT2D eigenvalue weighted by molar-refractivity contribution is 0.244. The fraction of sp³-hybridized carbons (Fsp3) is 0.529. The molecule has 0 radical (unpaired) electrons. The number of thiophene rings is 1. The van der Waals surface area contributed by atoms with Gasteiger partial charge in [-0.15, -0.1) is 11.3 Å². The van der Waals surface area contributed by atoms with Gasteiger partial charge in [0.05, 0.1) is 23.1 Å². The molecule has 0 fully saturated rings. The lowest BCUT2D eigenvalue weighted by atomic mass is 10.2. The lowest BCUT2D eigenvalue weighted by Gasteiger charge is -2.23. The van der Waals surface area contributed by atoms with Crippen LogP contribution in [-0.4, -0.2) is 41.4 Å². The molecule has 2 aromatic rings. The molecule has 0 aliphatic carbocycles. The maximum atomic E-state index is 12.3. The number of anilines is 1. The van der Waals surface area contributed by atoms with Gasteiger partial charge in [0.2, 0.25) is 0 Å². The summed E-state index contributed by atoms with van der Waals surface area (Å²) in [6, 6.07) is 4.35. The molecule has 7 heteroatoms. The summed E-state index contributed by atoms with van der Waals surface area (Å²) < 4.78 is 1.93. The molecule has 0 unspecified atom stereocenters. The van der Waals surface area contributed by atoms with Crippen LogP contribution in [0.25, 0.3) is 0 Å². The summed E-state index contributed by atoms with van der Waals surface area (Å²) >= 11 is 1.70. The highest BCUT2D eigenvalue weighted by molar-refractivity contribution is 7.10. The number of nitrogens with zero attached hydrogens (tertiary/aromatic N) is 3. The summed E-state index contributed by atoms with van der Waals surface area (Å²) in [6.45, 7) is 8.59. The van der Waals surface area contributed by atoms with Gasteiger partial charge in [0, 0.05) is 17.5 Å². The first-order chi connectivity index (χ1) is 11.3. The normalized spacial score (nSPS) is 12.7. The molecule has 0 aliphatic rings. The van der Waals surface area contributed by atoms with Crippen LogP contribution in [0.15, 0.2) is 17.5 Å². The Labute approximate surface area is 147 Å². The van der Waals surface area contributed by atoms with E-state index in [1.54, 1.807) is 11.3 Å². The van der Waals surface area contributed by atoms with Crippen LogP contribution in [0.3, 0.4) is 0 Å². The Morgan fingerprint density at radius 1 is 1.38 bits per heavy atom. The van der Waals surface area contributed by atoms with E-state index in [0.717, 1.165) is 17.1 Å². The fourth-order valence-corrected chi connectivity index (χ4v) is 3.63. The summed E-state index contributed by atoms with van der Waals surface area (Å²) in [5, 5.41) is 12.5. The second-order valence-corrected chi connectivity index (χ2v) is 7.39. The monoisotopic (exact) mass is 349 g/mol. The maximum absolute atomic E-state index is 12.3. The maximum Gasteiger partial charge on any atom is 0.319 e. The summed E-state index contributed by atoms with van der Waals surface area (Å²) in [4.78, 5) is 15.7. The SMILES string of the molecule is Cc1nn(C(C)C)c(C)c1NC(=O)NC[C@H](c1cccs1)N(C)C. The molecule has 2 amide bonds. The number of urea groups is 1. The van der Waals surface area contributed by atoms with E-state index < -0.39 is 0 Å². The van der Waals surface area contributed by atoms with Crippen molar-refractivity contribution in [2.45, 2.75) is 39.8 Å². The lowest BCUT2D eigenvalue weighted by Crippen LogP contribution is -2.36. The highest BCUT2D eigenvalue weighted by Gasteiger charge is 2.18. The van der Waals surface area contributed by atoms with Gasteiger partial charge >= 0.3 is 6.03 Å². The molecule has 2 aromatic heterocycles. The Kier molecular flexibility index (Phi) is 6.01. The number of hydrogen-bond acceptors (Lipinski definition) is 4. The van der Waals surface area contributed by atoms with Crippen LogP contribution in [0.4, 0.5) is 10.5 Å². The summed E-state index contributed by atoms with van der Waals surface area (Å²) in [5.41, 5.74) is 2.59. The minimum atomic E-state index is -0.201. The van der Waals surface area contributed by atoms with Gasteiger partial charge in [0.15, 0.2) is 0 Å². The zero-order valence-electron chi connectivity index (χ0n) is 15.3. The van der Waals surface area contributed by atoms with Crippen LogP contribution in [0.5, 0.6) is 0 Å². The quantitative estimate of drug-likeness (QED) is 0.838. The van der Waals surface area contributed by atoms with Crippen molar-refractivity contribution < 1.29 is 4.79 Å². The van der Waals surface area contributed by atoms with E-state index in [0.29, 0.717) is 6.54 Å². The van der Waals surface area contributed by atoms with E-state index in [2.05, 4.69) is 45.9 Å². The van der Waals surface area contributed by atoms with Crippen molar-refractivity contribution >= 4 is 23.1 Å². The number of aryl methyl sites for hydroxylation is 1. The zero-order chi connectivity index (χ0) is 17.9. The first-order valence-corrected chi connectivity index (χ1v) is 8.99. The average Bonchev–Trinajstić information content (AvgIpc) is 3.11. The Balaban J connectivity index is 2.01.